The molecular weight excluding hydrogens is 1040 g/mol. The predicted molar refractivity (Wildman–Crippen MR) is 286 cm³/mol. The second-order valence-corrected chi connectivity index (χ2v) is 43.6. The third kappa shape index (κ3) is 11.3. The zero-order chi connectivity index (χ0) is 52.1. The molecule has 8 heterocycles. The fourth-order valence-corrected chi connectivity index (χ4v) is 14.9. The van der Waals surface area contributed by atoms with Crippen molar-refractivity contribution in [2.75, 3.05) is 31.7 Å². The molecule has 4 aromatic heterocycles. The summed E-state index contributed by atoms with van der Waals surface area (Å²) in [4.78, 5) is 57.0. The quantitative estimate of drug-likeness (QED) is 0.101. The normalized spacial score (nSPS) is 30.7. The van der Waals surface area contributed by atoms with E-state index in [0.29, 0.717) is 12.3 Å². The monoisotopic (exact) mass is 1120 g/mol. The summed E-state index contributed by atoms with van der Waals surface area (Å²) < 4.78 is 65.2. The second kappa shape index (κ2) is 19.7. The third-order valence-electron chi connectivity index (χ3n) is 15.7. The lowest BCUT2D eigenvalue weighted by atomic mass is 10.1. The van der Waals surface area contributed by atoms with Crippen LogP contribution in [0.25, 0.3) is 22.2 Å². The van der Waals surface area contributed by atoms with Gasteiger partial charge in [0, 0.05) is 19.3 Å². The summed E-state index contributed by atoms with van der Waals surface area (Å²) in [6.45, 7) is 24.1. The molecular formula is C44H74N8O12P2S2Si3. The molecule has 0 spiro atoms. The summed E-state index contributed by atoms with van der Waals surface area (Å²) in [6, 6.07) is 0. The molecule has 2 unspecified atom stereocenters. The molecule has 27 heteroatoms. The number of fused-ring (bicyclic) bond motifs is 4. The van der Waals surface area contributed by atoms with Gasteiger partial charge in [-0.3, -0.25) is 23.0 Å². The van der Waals surface area contributed by atoms with Crippen molar-refractivity contribution in [3.8, 4) is 0 Å². The number of hydrogen-bond donors (Lipinski definition) is 3. The lowest BCUT2D eigenvalue weighted by molar-refractivity contribution is -0.0604. The van der Waals surface area contributed by atoms with E-state index in [4.69, 9.17) is 74.4 Å². The maximum Gasteiger partial charge on any atom is 0.325 e. The van der Waals surface area contributed by atoms with E-state index in [2.05, 4.69) is 117 Å². The Balaban J connectivity index is 1.16. The number of aromatic nitrogens is 7. The van der Waals surface area contributed by atoms with Gasteiger partial charge in [0.05, 0.1) is 31.5 Å². The SMILES string of the molecule is CC(C)(C)[Si](C)(C)OCCn1cnc2c(ncn2[C@@H]2O[C@@H]3COP(O)(=S)O[C@H]4[C@@H](O[Si](C)(C)C(C)(C)C)[C@H](n5cc6c7c(ncnc75)NCCC6)O[C@@H]4COP(O)(=S)O[C@@H]2[C@@H]3O[Si](C)(C)C(C)(C)C)c1=O. The van der Waals surface area contributed by atoms with Crippen LogP contribution >= 0.6 is 13.4 Å². The molecule has 0 saturated carbocycles. The van der Waals surface area contributed by atoms with Crippen molar-refractivity contribution in [1.82, 2.24) is 33.6 Å². The zero-order valence-electron chi connectivity index (χ0n) is 43.7. The van der Waals surface area contributed by atoms with Crippen LogP contribution in [-0.2, 0) is 77.4 Å². The van der Waals surface area contributed by atoms with Gasteiger partial charge in [-0.1, -0.05) is 62.3 Å². The van der Waals surface area contributed by atoms with Crippen LogP contribution < -0.4 is 10.9 Å². The van der Waals surface area contributed by atoms with E-state index < -0.39 is 87.5 Å². The Morgan fingerprint density at radius 2 is 1.34 bits per heavy atom. The lowest BCUT2D eigenvalue weighted by Gasteiger charge is -2.41. The topological polar surface area (TPSA) is 219 Å². The molecule has 8 rings (SSSR count). The molecule has 2 bridgehead atoms. The molecule has 396 valence electrons. The van der Waals surface area contributed by atoms with E-state index in [1.54, 1.807) is 4.57 Å². The van der Waals surface area contributed by atoms with Gasteiger partial charge in [-0.05, 0) is 96.4 Å². The molecule has 4 aromatic rings. The molecule has 3 fully saturated rings. The standard InChI is InChI=1S/C44H74N8O12P2S2Si3/c1-42(2,3)69(10,11)58-20-19-50-25-49-38-31(39(50)53)48-26-52(38)40-34-33(63-70(12,13)43(4,5)6)29(60-40)23-57-65(54,67)61-32-28(22-56-66(55,68)62-34)59-41(35(32)64-71(14,15)44(7,8)9)51-21-27-17-16-18-45-36-30(27)37(51)47-24-46-36/h21,24-26,28-29,32-35,40-41H,16-20,22-23H2,1-15H3,(H,54,67)(H,55,68)(H,45,46,47)/t28-,29-,32-,33-,34-,35-,40-,41-,65?,66?/m1/s1. The Kier molecular flexibility index (Phi) is 15.4. The first-order valence-corrected chi connectivity index (χ1v) is 38.2. The number of aryl methyl sites for hydroxylation is 1. The number of hydrogen-bond acceptors (Lipinski definition) is 17. The summed E-state index contributed by atoms with van der Waals surface area (Å²) in [5, 5.41) is 3.76. The van der Waals surface area contributed by atoms with Crippen LogP contribution in [0.2, 0.25) is 54.4 Å². The average Bonchev–Trinajstić information content (AvgIpc) is 3.96. The van der Waals surface area contributed by atoms with E-state index >= 15 is 0 Å². The fraction of sp³-hybridized carbons (Fsp3) is 0.750. The van der Waals surface area contributed by atoms with Crippen LogP contribution in [0.4, 0.5) is 5.82 Å². The number of ether oxygens (including phenoxy) is 2. The van der Waals surface area contributed by atoms with Gasteiger partial charge in [0.2, 0.25) is 0 Å². The number of nitrogens with one attached hydrogen (secondary N) is 1. The molecule has 20 nitrogen and oxygen atoms in total. The third-order valence-corrected chi connectivity index (χ3v) is 32.3. The minimum Gasteiger partial charge on any atom is -0.415 e. The van der Waals surface area contributed by atoms with E-state index in [0.717, 1.165) is 36.2 Å². The maximum absolute atomic E-state index is 14.0. The second-order valence-electron chi connectivity index (χ2n) is 23.7. The summed E-state index contributed by atoms with van der Waals surface area (Å²) in [7, 11) is -7.42. The van der Waals surface area contributed by atoms with E-state index in [1.807, 2.05) is 10.8 Å². The number of nitrogens with zero attached hydrogens (tertiary/aromatic N) is 7. The molecule has 4 aliphatic heterocycles. The Morgan fingerprint density at radius 3 is 1.97 bits per heavy atom. The van der Waals surface area contributed by atoms with Crippen LogP contribution in [0.1, 0.15) is 86.8 Å². The fourth-order valence-electron chi connectivity index (χ4n) is 8.45. The highest BCUT2D eigenvalue weighted by Gasteiger charge is 2.57. The van der Waals surface area contributed by atoms with Gasteiger partial charge in [0.15, 0.2) is 48.6 Å². The first kappa shape index (κ1) is 55.5. The molecule has 4 aliphatic rings. The molecule has 10 atom stereocenters. The van der Waals surface area contributed by atoms with E-state index in [9.17, 15) is 14.6 Å². The molecule has 71 heavy (non-hydrogen) atoms. The summed E-state index contributed by atoms with van der Waals surface area (Å²) in [6.07, 6.45) is -0.0756. The van der Waals surface area contributed by atoms with E-state index in [-0.39, 0.29) is 51.6 Å². The summed E-state index contributed by atoms with van der Waals surface area (Å²) in [5.41, 5.74) is 1.59. The molecule has 0 aromatic carbocycles. The Morgan fingerprint density at radius 1 is 0.746 bits per heavy atom. The lowest BCUT2D eigenvalue weighted by Crippen LogP contribution is -2.50. The molecule has 0 aliphatic carbocycles. The summed E-state index contributed by atoms with van der Waals surface area (Å²) >= 11 is 11.8. The number of anilines is 1. The van der Waals surface area contributed by atoms with Crippen molar-refractivity contribution < 1.29 is 50.6 Å². The van der Waals surface area contributed by atoms with Gasteiger partial charge in [-0.25, -0.2) is 19.9 Å². The van der Waals surface area contributed by atoms with Crippen LogP contribution in [0.5, 0.6) is 0 Å². The van der Waals surface area contributed by atoms with Gasteiger partial charge in [-0.2, -0.15) is 0 Å². The molecule has 0 amide bonds. The highest BCUT2D eigenvalue weighted by molar-refractivity contribution is 8.07. The maximum atomic E-state index is 14.0. The Bertz CT molecular complexity index is 2780. The van der Waals surface area contributed by atoms with Gasteiger partial charge >= 0.3 is 13.4 Å². The van der Waals surface area contributed by atoms with E-state index in [1.165, 1.54) is 23.5 Å². The van der Waals surface area contributed by atoms with Gasteiger partial charge in [0.1, 0.15) is 60.7 Å². The minimum atomic E-state index is -4.27. The highest BCUT2D eigenvalue weighted by atomic mass is 32.5. The van der Waals surface area contributed by atoms with Crippen molar-refractivity contribution in [1.29, 1.82) is 0 Å². The molecule has 3 N–H and O–H groups in total. The highest BCUT2D eigenvalue weighted by Crippen LogP contribution is 2.56. The molecule has 3 saturated heterocycles. The van der Waals surface area contributed by atoms with Gasteiger partial charge in [0.25, 0.3) is 5.56 Å². The van der Waals surface area contributed by atoms with Crippen LogP contribution in [-0.4, -0.2) is 131 Å². The Labute approximate surface area is 430 Å². The predicted octanol–water partition coefficient (Wildman–Crippen LogP) is 8.24. The average molecular weight is 1120 g/mol. The molecule has 0 radical (unpaired) electrons. The first-order valence-electron chi connectivity index (χ1n) is 24.3. The van der Waals surface area contributed by atoms with Gasteiger partial charge in [-0.15, -0.1) is 0 Å². The summed E-state index contributed by atoms with van der Waals surface area (Å²) in [5.74, 6) is 0.728. The van der Waals surface area contributed by atoms with Crippen LogP contribution in [0, 0.1) is 0 Å². The number of rotatable bonds is 10. The number of imidazole rings is 1. The largest absolute Gasteiger partial charge is 0.415 e. The zero-order valence-corrected chi connectivity index (χ0v) is 50.1. The Hall–Kier alpha value is -1.72. The van der Waals surface area contributed by atoms with Crippen LogP contribution in [0.15, 0.2) is 30.0 Å². The smallest absolute Gasteiger partial charge is 0.325 e. The van der Waals surface area contributed by atoms with Crippen molar-refractivity contribution in [2.45, 2.75) is 185 Å². The van der Waals surface area contributed by atoms with Crippen LogP contribution in [0.3, 0.4) is 0 Å². The van der Waals surface area contributed by atoms with Crippen molar-refractivity contribution in [3.63, 3.8) is 0 Å². The van der Waals surface area contributed by atoms with Crippen molar-refractivity contribution in [2.24, 2.45) is 0 Å². The van der Waals surface area contributed by atoms with Gasteiger partial charge < -0.3 is 51.5 Å². The van der Waals surface area contributed by atoms with Crippen molar-refractivity contribution >= 4 is 90.0 Å². The van der Waals surface area contributed by atoms with Crippen molar-refractivity contribution in [3.05, 3.63) is 41.1 Å². The minimum absolute atomic E-state index is 0.000772. The first-order chi connectivity index (χ1) is 32.7.